The number of benzene rings is 2. The monoisotopic (exact) mass is 388 g/mol. The Kier molecular flexibility index (Phi) is 5.50. The second-order valence-corrected chi connectivity index (χ2v) is 6.62. The highest BCUT2D eigenvalue weighted by atomic mass is 35.5. The van der Waals surface area contributed by atoms with E-state index < -0.39 is 12.6 Å². The largest absolute Gasteiger partial charge is 0.482 e. The molecule has 0 bridgehead atoms. The summed E-state index contributed by atoms with van der Waals surface area (Å²) in [6.07, 6.45) is 1.47. The lowest BCUT2D eigenvalue weighted by Crippen LogP contribution is -2.16. The molecule has 0 radical (unpaired) electrons. The van der Waals surface area contributed by atoms with E-state index in [4.69, 9.17) is 21.4 Å². The predicted molar refractivity (Wildman–Crippen MR) is 101 cm³/mol. The van der Waals surface area contributed by atoms with E-state index in [1.54, 1.807) is 24.3 Å². The van der Waals surface area contributed by atoms with Crippen LogP contribution in [0.2, 0.25) is 5.02 Å². The first kappa shape index (κ1) is 17.9. The number of carbonyl (C=O) groups is 2. The number of thiophene rings is 1. The van der Waals surface area contributed by atoms with E-state index in [0.717, 1.165) is 15.6 Å². The van der Waals surface area contributed by atoms with Gasteiger partial charge in [0.1, 0.15) is 10.6 Å². The summed E-state index contributed by atoms with van der Waals surface area (Å²) >= 11 is 7.56. The molecule has 2 N–H and O–H groups in total. The van der Waals surface area contributed by atoms with Crippen LogP contribution in [0.1, 0.15) is 15.2 Å². The molecule has 8 heteroatoms. The molecule has 1 heterocycles. The van der Waals surface area contributed by atoms with Crippen molar-refractivity contribution in [3.63, 3.8) is 0 Å². The van der Waals surface area contributed by atoms with Crippen LogP contribution in [0, 0.1) is 0 Å². The molecule has 1 amide bonds. The maximum Gasteiger partial charge on any atom is 0.341 e. The molecular formula is C18H13ClN2O4S. The molecule has 3 aromatic rings. The molecule has 6 nitrogen and oxygen atoms in total. The highest BCUT2D eigenvalue weighted by Crippen LogP contribution is 2.34. The van der Waals surface area contributed by atoms with Gasteiger partial charge in [0, 0.05) is 10.1 Å². The van der Waals surface area contributed by atoms with Crippen molar-refractivity contribution in [3.8, 4) is 5.75 Å². The van der Waals surface area contributed by atoms with Crippen molar-refractivity contribution in [2.45, 2.75) is 0 Å². The minimum Gasteiger partial charge on any atom is -0.482 e. The lowest BCUT2D eigenvalue weighted by atomic mass is 10.2. The number of hydrogen-bond acceptors (Lipinski definition) is 5. The number of aliphatic carboxylic acids is 1. The zero-order valence-corrected chi connectivity index (χ0v) is 14.9. The first-order valence-corrected chi connectivity index (χ1v) is 8.69. The maximum atomic E-state index is 12.3. The lowest BCUT2D eigenvalue weighted by molar-refractivity contribution is -0.139. The average molecular weight is 389 g/mol. The van der Waals surface area contributed by atoms with Gasteiger partial charge in [-0.1, -0.05) is 29.8 Å². The Morgan fingerprint density at radius 1 is 1.19 bits per heavy atom. The van der Waals surface area contributed by atoms with Gasteiger partial charge in [-0.05, 0) is 35.9 Å². The van der Waals surface area contributed by atoms with Crippen LogP contribution in [0.3, 0.4) is 0 Å². The summed E-state index contributed by atoms with van der Waals surface area (Å²) in [6, 6.07) is 14.1. The number of halogens is 1. The third-order valence-electron chi connectivity index (χ3n) is 3.36. The number of hydrazone groups is 1. The lowest BCUT2D eigenvalue weighted by Gasteiger charge is -2.02. The fourth-order valence-electron chi connectivity index (χ4n) is 2.17. The summed E-state index contributed by atoms with van der Waals surface area (Å²) in [7, 11) is 0. The zero-order valence-electron chi connectivity index (χ0n) is 13.3. The maximum absolute atomic E-state index is 12.3. The van der Waals surface area contributed by atoms with Crippen molar-refractivity contribution in [3.05, 3.63) is 64.0 Å². The molecule has 1 aromatic heterocycles. The van der Waals surface area contributed by atoms with Crippen molar-refractivity contribution in [2.24, 2.45) is 5.10 Å². The normalized spacial score (nSPS) is 11.0. The summed E-state index contributed by atoms with van der Waals surface area (Å²) in [5.74, 6) is -0.988. The van der Waals surface area contributed by atoms with Crippen LogP contribution in [0.25, 0.3) is 10.1 Å². The van der Waals surface area contributed by atoms with Crippen LogP contribution in [-0.2, 0) is 4.79 Å². The van der Waals surface area contributed by atoms with E-state index in [1.807, 2.05) is 24.3 Å². The van der Waals surface area contributed by atoms with Gasteiger partial charge in [0.15, 0.2) is 6.61 Å². The Balaban J connectivity index is 1.63. The summed E-state index contributed by atoms with van der Waals surface area (Å²) in [6.45, 7) is -0.403. The molecule has 0 aliphatic heterocycles. The number of carboxylic acid groups (broad SMARTS) is 1. The topological polar surface area (TPSA) is 88.0 Å². The summed E-state index contributed by atoms with van der Waals surface area (Å²) in [5.41, 5.74) is 3.17. The summed E-state index contributed by atoms with van der Waals surface area (Å²) in [5, 5.41) is 13.7. The second kappa shape index (κ2) is 7.99. The molecule has 0 saturated carbocycles. The minimum absolute atomic E-state index is 0.381. The van der Waals surface area contributed by atoms with Gasteiger partial charge in [0.05, 0.1) is 11.2 Å². The van der Waals surface area contributed by atoms with Crippen molar-refractivity contribution < 1.29 is 19.4 Å². The van der Waals surface area contributed by atoms with Gasteiger partial charge < -0.3 is 9.84 Å². The van der Waals surface area contributed by atoms with Crippen molar-refractivity contribution in [1.82, 2.24) is 5.43 Å². The van der Waals surface area contributed by atoms with Crippen molar-refractivity contribution >= 4 is 51.1 Å². The number of ether oxygens (including phenoxy) is 1. The number of carbonyl (C=O) groups excluding carboxylic acids is 1. The predicted octanol–water partition coefficient (Wildman–Crippen LogP) is 3.78. The molecule has 0 fully saturated rings. The molecule has 2 aromatic carbocycles. The molecular weight excluding hydrogens is 376 g/mol. The number of carboxylic acids is 1. The van der Waals surface area contributed by atoms with Crippen LogP contribution < -0.4 is 10.2 Å². The number of rotatable bonds is 6. The van der Waals surface area contributed by atoms with E-state index in [0.29, 0.717) is 15.6 Å². The fraction of sp³-hybridized carbons (Fsp3) is 0.0556. The number of hydrogen-bond donors (Lipinski definition) is 2. The first-order valence-electron chi connectivity index (χ1n) is 7.49. The minimum atomic E-state index is -1.04. The summed E-state index contributed by atoms with van der Waals surface area (Å²) < 4.78 is 5.97. The van der Waals surface area contributed by atoms with E-state index in [1.165, 1.54) is 17.6 Å². The van der Waals surface area contributed by atoms with E-state index >= 15 is 0 Å². The second-order valence-electron chi connectivity index (χ2n) is 5.19. The highest BCUT2D eigenvalue weighted by molar-refractivity contribution is 7.21. The molecule has 26 heavy (non-hydrogen) atoms. The standard InChI is InChI=1S/C18H13ClN2O4S/c19-16-13-3-1-2-4-14(13)26-17(16)18(24)21-20-9-11-5-7-12(8-6-11)25-10-15(22)23/h1-9H,10H2,(H,21,24)(H,22,23)/b20-9-. The SMILES string of the molecule is O=C(O)COc1ccc(/C=N\NC(=O)c2sc3ccccc3c2Cl)cc1. The molecule has 0 spiro atoms. The molecule has 3 rings (SSSR count). The Morgan fingerprint density at radius 3 is 2.62 bits per heavy atom. The Bertz CT molecular complexity index is 983. The molecule has 0 unspecified atom stereocenters. The Morgan fingerprint density at radius 2 is 1.92 bits per heavy atom. The van der Waals surface area contributed by atoms with Crippen LogP contribution in [0.5, 0.6) is 5.75 Å². The number of nitrogens with one attached hydrogen (secondary N) is 1. The smallest absolute Gasteiger partial charge is 0.341 e. The molecule has 0 aliphatic carbocycles. The first-order chi connectivity index (χ1) is 12.5. The highest BCUT2D eigenvalue weighted by Gasteiger charge is 2.16. The van der Waals surface area contributed by atoms with Crippen LogP contribution in [0.4, 0.5) is 0 Å². The Labute approximate surface area is 157 Å². The van der Waals surface area contributed by atoms with Crippen molar-refractivity contribution in [2.75, 3.05) is 6.61 Å². The summed E-state index contributed by atoms with van der Waals surface area (Å²) in [4.78, 5) is 23.1. The zero-order chi connectivity index (χ0) is 18.5. The van der Waals surface area contributed by atoms with E-state index in [-0.39, 0.29) is 5.91 Å². The van der Waals surface area contributed by atoms with Gasteiger partial charge in [-0.2, -0.15) is 5.10 Å². The third kappa shape index (κ3) is 4.19. The Hall–Kier alpha value is -2.90. The van der Waals surface area contributed by atoms with Gasteiger partial charge >= 0.3 is 5.97 Å². The molecule has 132 valence electrons. The van der Waals surface area contributed by atoms with Crippen LogP contribution in [0.15, 0.2) is 53.6 Å². The van der Waals surface area contributed by atoms with Gasteiger partial charge in [0.25, 0.3) is 5.91 Å². The van der Waals surface area contributed by atoms with Gasteiger partial charge in [-0.3, -0.25) is 4.79 Å². The van der Waals surface area contributed by atoms with Gasteiger partial charge in [0.2, 0.25) is 0 Å². The molecule has 0 aliphatic rings. The third-order valence-corrected chi connectivity index (χ3v) is 5.04. The van der Waals surface area contributed by atoms with E-state index in [2.05, 4.69) is 10.5 Å². The molecule has 0 atom stereocenters. The number of amides is 1. The fourth-order valence-corrected chi connectivity index (χ4v) is 3.58. The number of nitrogens with zero attached hydrogens (tertiary/aromatic N) is 1. The van der Waals surface area contributed by atoms with Gasteiger partial charge in [-0.25, -0.2) is 10.2 Å². The van der Waals surface area contributed by atoms with Gasteiger partial charge in [-0.15, -0.1) is 11.3 Å². The van der Waals surface area contributed by atoms with E-state index in [9.17, 15) is 9.59 Å². The number of fused-ring (bicyclic) bond motifs is 1. The van der Waals surface area contributed by atoms with Crippen LogP contribution >= 0.6 is 22.9 Å². The average Bonchev–Trinajstić information content (AvgIpc) is 2.98. The molecule has 0 saturated heterocycles. The van der Waals surface area contributed by atoms with Crippen molar-refractivity contribution in [1.29, 1.82) is 0 Å². The van der Waals surface area contributed by atoms with Crippen LogP contribution in [-0.4, -0.2) is 29.8 Å². The quantitative estimate of drug-likeness (QED) is 0.497.